The smallest absolute Gasteiger partial charge is 0.227 e. The fourth-order valence-corrected chi connectivity index (χ4v) is 1.74. The van der Waals surface area contributed by atoms with Gasteiger partial charge in [0, 0.05) is 24.4 Å². The molecule has 1 aromatic carbocycles. The molecule has 5 heteroatoms. The van der Waals surface area contributed by atoms with E-state index in [9.17, 15) is 4.79 Å². The number of amides is 1. The maximum Gasteiger partial charge on any atom is 0.227 e. The van der Waals surface area contributed by atoms with E-state index in [2.05, 4.69) is 15.9 Å². The van der Waals surface area contributed by atoms with Gasteiger partial charge in [-0.3, -0.25) is 4.79 Å². The number of ether oxygens (including phenoxy) is 1. The van der Waals surface area contributed by atoms with Crippen LogP contribution in [0.2, 0.25) is 0 Å². The summed E-state index contributed by atoms with van der Waals surface area (Å²) in [5.41, 5.74) is 0.685. The highest BCUT2D eigenvalue weighted by Gasteiger charge is 2.15. The Morgan fingerprint density at radius 2 is 2.29 bits per heavy atom. The minimum Gasteiger partial charge on any atom is -0.495 e. The van der Waals surface area contributed by atoms with Crippen molar-refractivity contribution in [3.8, 4) is 11.8 Å². The van der Waals surface area contributed by atoms with Gasteiger partial charge in [-0.25, -0.2) is 0 Å². The van der Waals surface area contributed by atoms with Crippen LogP contribution in [-0.2, 0) is 4.79 Å². The molecule has 0 radical (unpaired) electrons. The number of rotatable bonds is 4. The van der Waals surface area contributed by atoms with Gasteiger partial charge >= 0.3 is 0 Å². The molecule has 0 spiro atoms. The van der Waals surface area contributed by atoms with Crippen molar-refractivity contribution in [1.82, 2.24) is 0 Å². The number of nitriles is 1. The molecule has 0 saturated carbocycles. The van der Waals surface area contributed by atoms with Crippen molar-refractivity contribution in [3.63, 3.8) is 0 Å². The number of halogens is 1. The molecule has 4 nitrogen and oxygen atoms in total. The van der Waals surface area contributed by atoms with E-state index in [1.165, 1.54) is 4.90 Å². The summed E-state index contributed by atoms with van der Waals surface area (Å²) < 4.78 is 6.07. The quantitative estimate of drug-likeness (QED) is 0.858. The molecule has 1 rings (SSSR count). The molecule has 1 aromatic rings. The number of hydrogen-bond acceptors (Lipinski definition) is 3. The summed E-state index contributed by atoms with van der Waals surface area (Å²) in [5, 5.41) is 8.46. The lowest BCUT2D eigenvalue weighted by molar-refractivity contribution is -0.118. The number of methoxy groups -OCH3 is 1. The van der Waals surface area contributed by atoms with Crippen LogP contribution in [0, 0.1) is 11.3 Å². The Morgan fingerprint density at radius 3 is 2.88 bits per heavy atom. The van der Waals surface area contributed by atoms with Crippen LogP contribution in [-0.4, -0.2) is 20.1 Å². The van der Waals surface area contributed by atoms with E-state index in [1.54, 1.807) is 20.2 Å². The molecular formula is C12H13BrN2O2. The van der Waals surface area contributed by atoms with Crippen molar-refractivity contribution in [2.75, 3.05) is 19.1 Å². The van der Waals surface area contributed by atoms with E-state index in [0.717, 1.165) is 4.47 Å². The van der Waals surface area contributed by atoms with Gasteiger partial charge in [-0.15, -0.1) is 0 Å². The molecule has 0 aliphatic heterocycles. The Hall–Kier alpha value is -1.54. The maximum absolute atomic E-state index is 11.8. The molecule has 0 aliphatic rings. The van der Waals surface area contributed by atoms with Crippen molar-refractivity contribution in [3.05, 3.63) is 22.7 Å². The van der Waals surface area contributed by atoms with Gasteiger partial charge in [0.25, 0.3) is 0 Å². The number of hydrogen-bond donors (Lipinski definition) is 0. The first-order chi connectivity index (χ1) is 8.10. The lowest BCUT2D eigenvalue weighted by Gasteiger charge is -2.19. The van der Waals surface area contributed by atoms with Crippen LogP contribution in [0.5, 0.6) is 5.75 Å². The van der Waals surface area contributed by atoms with Crippen molar-refractivity contribution < 1.29 is 9.53 Å². The molecule has 0 N–H and O–H groups in total. The van der Waals surface area contributed by atoms with Crippen molar-refractivity contribution in [2.24, 2.45) is 0 Å². The number of carbonyl (C=O) groups is 1. The van der Waals surface area contributed by atoms with E-state index in [1.807, 2.05) is 18.2 Å². The zero-order chi connectivity index (χ0) is 12.8. The van der Waals surface area contributed by atoms with Gasteiger partial charge in [0.05, 0.1) is 18.9 Å². The molecule has 17 heavy (non-hydrogen) atoms. The molecule has 0 heterocycles. The summed E-state index contributed by atoms with van der Waals surface area (Å²) in [6.45, 7) is 0. The second kappa shape index (κ2) is 6.26. The lowest BCUT2D eigenvalue weighted by atomic mass is 10.2. The van der Waals surface area contributed by atoms with Crippen LogP contribution < -0.4 is 9.64 Å². The first-order valence-corrected chi connectivity index (χ1v) is 5.86. The first-order valence-electron chi connectivity index (χ1n) is 5.07. The third kappa shape index (κ3) is 3.46. The van der Waals surface area contributed by atoms with E-state index in [-0.39, 0.29) is 18.7 Å². The van der Waals surface area contributed by atoms with E-state index in [0.29, 0.717) is 11.4 Å². The fraction of sp³-hybridized carbons (Fsp3) is 0.333. The topological polar surface area (TPSA) is 53.3 Å². The summed E-state index contributed by atoms with van der Waals surface area (Å²) in [7, 11) is 3.23. The van der Waals surface area contributed by atoms with Gasteiger partial charge < -0.3 is 9.64 Å². The highest BCUT2D eigenvalue weighted by atomic mass is 79.9. The standard InChI is InChI=1S/C12H13BrN2O2/c1-15(12(16)4-3-7-14)10-8-9(13)5-6-11(10)17-2/h5-6,8H,3-4H2,1-2H3. The van der Waals surface area contributed by atoms with Crippen LogP contribution in [0.15, 0.2) is 22.7 Å². The number of benzene rings is 1. The number of anilines is 1. The second-order valence-corrected chi connectivity index (χ2v) is 4.34. The normalized spacial score (nSPS) is 9.53. The summed E-state index contributed by atoms with van der Waals surface area (Å²) in [5.74, 6) is 0.518. The third-order valence-electron chi connectivity index (χ3n) is 2.33. The van der Waals surface area contributed by atoms with Gasteiger partial charge in [0.2, 0.25) is 5.91 Å². The number of nitrogens with zero attached hydrogens (tertiary/aromatic N) is 2. The Bertz CT molecular complexity index is 454. The first kappa shape index (κ1) is 13.5. The van der Waals surface area contributed by atoms with Crippen LogP contribution in [0.25, 0.3) is 0 Å². The molecule has 1 amide bonds. The predicted octanol–water partition coefficient (Wildman–Crippen LogP) is 2.72. The zero-order valence-corrected chi connectivity index (χ0v) is 11.3. The minimum atomic E-state index is -0.108. The van der Waals surface area contributed by atoms with Gasteiger partial charge in [0.15, 0.2) is 0 Å². The van der Waals surface area contributed by atoms with Gasteiger partial charge in [-0.2, -0.15) is 5.26 Å². The Morgan fingerprint density at radius 1 is 1.59 bits per heavy atom. The largest absolute Gasteiger partial charge is 0.495 e. The summed E-state index contributed by atoms with van der Waals surface area (Å²) >= 11 is 3.35. The molecular weight excluding hydrogens is 284 g/mol. The van der Waals surface area contributed by atoms with Crippen LogP contribution in [0.3, 0.4) is 0 Å². The van der Waals surface area contributed by atoms with Crippen molar-refractivity contribution in [2.45, 2.75) is 12.8 Å². The zero-order valence-electron chi connectivity index (χ0n) is 9.74. The average molecular weight is 297 g/mol. The summed E-state index contributed by atoms with van der Waals surface area (Å²) in [6.07, 6.45) is 0.433. The van der Waals surface area contributed by atoms with Crippen LogP contribution in [0.1, 0.15) is 12.8 Å². The van der Waals surface area contributed by atoms with Crippen molar-refractivity contribution >= 4 is 27.5 Å². The van der Waals surface area contributed by atoms with E-state index < -0.39 is 0 Å². The summed E-state index contributed by atoms with van der Waals surface area (Å²) in [4.78, 5) is 13.3. The number of carbonyl (C=O) groups excluding carboxylic acids is 1. The molecule has 0 bridgehead atoms. The molecule has 0 fully saturated rings. The monoisotopic (exact) mass is 296 g/mol. The van der Waals surface area contributed by atoms with Gasteiger partial charge in [-0.1, -0.05) is 15.9 Å². The van der Waals surface area contributed by atoms with E-state index in [4.69, 9.17) is 10.00 Å². The van der Waals surface area contributed by atoms with Gasteiger partial charge in [-0.05, 0) is 18.2 Å². The second-order valence-electron chi connectivity index (χ2n) is 3.43. The molecule has 0 aromatic heterocycles. The Kier molecular flexibility index (Phi) is 4.98. The molecule has 90 valence electrons. The van der Waals surface area contributed by atoms with E-state index >= 15 is 0 Å². The van der Waals surface area contributed by atoms with Crippen LogP contribution in [0.4, 0.5) is 5.69 Å². The van der Waals surface area contributed by atoms with Crippen molar-refractivity contribution in [1.29, 1.82) is 5.26 Å². The highest BCUT2D eigenvalue weighted by Crippen LogP contribution is 2.31. The highest BCUT2D eigenvalue weighted by molar-refractivity contribution is 9.10. The Labute approximate surface area is 109 Å². The van der Waals surface area contributed by atoms with Gasteiger partial charge in [0.1, 0.15) is 5.75 Å². The average Bonchev–Trinajstić information content (AvgIpc) is 2.34. The summed E-state index contributed by atoms with van der Waals surface area (Å²) in [6, 6.07) is 7.39. The molecule has 0 saturated heterocycles. The molecule has 0 unspecified atom stereocenters. The predicted molar refractivity (Wildman–Crippen MR) is 69.0 cm³/mol. The fourth-order valence-electron chi connectivity index (χ4n) is 1.39. The van der Waals surface area contributed by atoms with Crippen LogP contribution >= 0.6 is 15.9 Å². The Balaban J connectivity index is 2.94. The maximum atomic E-state index is 11.8. The lowest BCUT2D eigenvalue weighted by Crippen LogP contribution is -2.26. The molecule has 0 aliphatic carbocycles. The minimum absolute atomic E-state index is 0.108. The third-order valence-corrected chi connectivity index (χ3v) is 2.82. The SMILES string of the molecule is COc1ccc(Br)cc1N(C)C(=O)CCC#N. The molecule has 0 atom stereocenters.